The zero-order chi connectivity index (χ0) is 29.2. The Morgan fingerprint density at radius 3 is 2.50 bits per heavy atom. The summed E-state index contributed by atoms with van der Waals surface area (Å²) >= 11 is 0. The van der Waals surface area contributed by atoms with Crippen molar-refractivity contribution in [2.45, 2.75) is 82.5 Å². The van der Waals surface area contributed by atoms with Crippen LogP contribution in [0.4, 0.5) is 18.9 Å². The van der Waals surface area contributed by atoms with Crippen LogP contribution in [0.25, 0.3) is 22.1 Å². The van der Waals surface area contributed by atoms with Crippen LogP contribution in [0.1, 0.15) is 71.8 Å². The van der Waals surface area contributed by atoms with Crippen LogP contribution in [-0.2, 0) is 11.3 Å². The number of carboxylic acids is 1. The molecule has 1 saturated carbocycles. The van der Waals surface area contributed by atoms with Crippen molar-refractivity contribution >= 4 is 22.6 Å². The number of hydrogen-bond acceptors (Lipinski definition) is 5. The third-order valence-electron chi connectivity index (χ3n) is 8.99. The monoisotopic (exact) mass is 580 g/mol. The number of halogens is 3. The molecule has 2 atom stereocenters. The number of fused-ring (bicyclic) bond motifs is 3. The first-order valence-corrected chi connectivity index (χ1v) is 14.4. The fourth-order valence-electron chi connectivity index (χ4n) is 6.99. The number of anilines is 1. The zero-order valence-corrected chi connectivity index (χ0v) is 23.0. The molecule has 2 unspecified atom stereocenters. The molecule has 2 aromatic carbocycles. The molecular weight excluding hydrogens is 549 g/mol. The van der Waals surface area contributed by atoms with Crippen molar-refractivity contribution in [1.29, 1.82) is 0 Å². The van der Waals surface area contributed by atoms with Gasteiger partial charge in [0, 0.05) is 51.7 Å². The molecule has 0 amide bonds. The number of rotatable bonds is 8. The highest BCUT2D eigenvalue weighted by Crippen LogP contribution is 2.47. The number of carboxylic acid groups (broad SMARTS) is 1. The number of para-hydroxylation sites is 1. The first-order chi connectivity index (χ1) is 20.2. The van der Waals surface area contributed by atoms with E-state index in [1.165, 1.54) is 12.1 Å². The molecule has 2 aromatic heterocycles. The van der Waals surface area contributed by atoms with Gasteiger partial charge in [0.05, 0.1) is 12.7 Å². The summed E-state index contributed by atoms with van der Waals surface area (Å²) in [5.74, 6) is -1.01. The molecule has 3 aliphatic rings. The van der Waals surface area contributed by atoms with Crippen LogP contribution in [0.3, 0.4) is 0 Å². The van der Waals surface area contributed by atoms with Gasteiger partial charge in [-0.15, -0.1) is 13.2 Å². The van der Waals surface area contributed by atoms with Crippen molar-refractivity contribution in [3.05, 3.63) is 71.2 Å². The molecule has 7 nitrogen and oxygen atoms in total. The van der Waals surface area contributed by atoms with Gasteiger partial charge in [0.25, 0.3) is 0 Å². The van der Waals surface area contributed by atoms with Crippen LogP contribution in [0.2, 0.25) is 0 Å². The molecule has 4 aromatic rings. The molecule has 42 heavy (non-hydrogen) atoms. The summed E-state index contributed by atoms with van der Waals surface area (Å²) in [5.41, 5.74) is 5.68. The van der Waals surface area contributed by atoms with Crippen LogP contribution in [0.15, 0.2) is 53.1 Å². The number of aryl methyl sites for hydroxylation is 1. The standard InChI is InChI=1S/C32H31F3N2O5/c1-17-23-14-29(31(38)39)41-27(23)11-10-26(17)37-19-8-9-20(37)13-21(12-19)40-16-25-24(15-36-30(25)18-6-7-18)22-4-2-3-5-28(22)42-32(33,34)35/h2-5,10-11,14-15,18-21,36H,6-9,12-13,16H2,1H3,(H,38,39). The minimum atomic E-state index is -4.78. The lowest BCUT2D eigenvalue weighted by Crippen LogP contribution is -2.45. The SMILES string of the molecule is Cc1c(N2C3CCC2CC(OCc2c(-c4ccccc4OC(F)(F)F)c[nH]c2C2CC2)C3)ccc2oc(C(=O)O)cc12. The Balaban J connectivity index is 1.11. The van der Waals surface area contributed by atoms with E-state index in [4.69, 9.17) is 9.15 Å². The van der Waals surface area contributed by atoms with Crippen LogP contribution in [0, 0.1) is 6.92 Å². The maximum atomic E-state index is 13.2. The van der Waals surface area contributed by atoms with Gasteiger partial charge in [-0.05, 0) is 81.2 Å². The largest absolute Gasteiger partial charge is 0.573 e. The van der Waals surface area contributed by atoms with Gasteiger partial charge in [0.15, 0.2) is 0 Å². The summed E-state index contributed by atoms with van der Waals surface area (Å²) in [7, 11) is 0. The lowest BCUT2D eigenvalue weighted by molar-refractivity contribution is -0.274. The highest BCUT2D eigenvalue weighted by molar-refractivity contribution is 5.94. The number of piperidine rings is 1. The molecule has 10 heteroatoms. The predicted molar refractivity (Wildman–Crippen MR) is 150 cm³/mol. The van der Waals surface area contributed by atoms with Crippen molar-refractivity contribution in [3.8, 4) is 16.9 Å². The quantitative estimate of drug-likeness (QED) is 0.220. The number of aromatic nitrogens is 1. The summed E-state index contributed by atoms with van der Waals surface area (Å²) in [6.45, 7) is 2.32. The number of ether oxygens (including phenoxy) is 2. The summed E-state index contributed by atoms with van der Waals surface area (Å²) in [6.07, 6.45) is 2.87. The van der Waals surface area contributed by atoms with Crippen molar-refractivity contribution in [3.63, 3.8) is 0 Å². The molecule has 7 rings (SSSR count). The third-order valence-corrected chi connectivity index (χ3v) is 8.99. The molecule has 2 N–H and O–H groups in total. The Bertz CT molecular complexity index is 1640. The number of hydrogen-bond donors (Lipinski definition) is 2. The molecule has 2 saturated heterocycles. The first kappa shape index (κ1) is 26.9. The van der Waals surface area contributed by atoms with Crippen molar-refractivity contribution < 1.29 is 37.0 Å². The lowest BCUT2D eigenvalue weighted by Gasteiger charge is -2.41. The number of alkyl halides is 3. The highest BCUT2D eigenvalue weighted by atomic mass is 19.4. The fourth-order valence-corrected chi connectivity index (χ4v) is 6.99. The number of carbonyl (C=O) groups is 1. The molecule has 4 heterocycles. The van der Waals surface area contributed by atoms with E-state index in [1.54, 1.807) is 24.4 Å². The second kappa shape index (κ2) is 10.1. The van der Waals surface area contributed by atoms with Crippen LogP contribution >= 0.6 is 0 Å². The molecule has 2 bridgehead atoms. The van der Waals surface area contributed by atoms with Gasteiger partial charge in [-0.25, -0.2) is 4.79 Å². The van der Waals surface area contributed by atoms with E-state index < -0.39 is 12.3 Å². The van der Waals surface area contributed by atoms with E-state index >= 15 is 0 Å². The van der Waals surface area contributed by atoms with Crippen molar-refractivity contribution in [2.75, 3.05) is 4.90 Å². The van der Waals surface area contributed by atoms with E-state index in [9.17, 15) is 23.1 Å². The Kier molecular flexibility index (Phi) is 6.49. The van der Waals surface area contributed by atoms with Gasteiger partial charge in [-0.1, -0.05) is 18.2 Å². The predicted octanol–water partition coefficient (Wildman–Crippen LogP) is 7.93. The second-order valence-corrected chi connectivity index (χ2v) is 11.6. The summed E-state index contributed by atoms with van der Waals surface area (Å²) in [4.78, 5) is 17.2. The minimum absolute atomic E-state index is 0.0202. The normalized spacial score (nSPS) is 22.2. The Morgan fingerprint density at radius 2 is 1.81 bits per heavy atom. The average molecular weight is 581 g/mol. The summed E-state index contributed by atoms with van der Waals surface area (Å²) in [5, 5.41) is 10.2. The van der Waals surface area contributed by atoms with Gasteiger partial charge in [-0.3, -0.25) is 0 Å². The van der Waals surface area contributed by atoms with Gasteiger partial charge in [-0.2, -0.15) is 0 Å². The van der Waals surface area contributed by atoms with Crippen molar-refractivity contribution in [2.24, 2.45) is 0 Å². The number of nitrogens with one attached hydrogen (secondary N) is 1. The summed E-state index contributed by atoms with van der Waals surface area (Å²) in [6, 6.07) is 12.3. The maximum absolute atomic E-state index is 13.2. The number of furan rings is 1. The summed E-state index contributed by atoms with van der Waals surface area (Å²) < 4.78 is 55.9. The number of benzene rings is 2. The lowest BCUT2D eigenvalue weighted by atomic mass is 9.96. The topological polar surface area (TPSA) is 87.9 Å². The number of nitrogens with zero attached hydrogens (tertiary/aromatic N) is 1. The molecule has 0 radical (unpaired) electrons. The highest BCUT2D eigenvalue weighted by Gasteiger charge is 2.42. The molecule has 1 aliphatic carbocycles. The fraction of sp³-hybridized carbons (Fsp3) is 0.406. The van der Waals surface area contributed by atoms with Crippen LogP contribution in [0.5, 0.6) is 5.75 Å². The molecule has 2 aliphatic heterocycles. The van der Waals surface area contributed by atoms with E-state index in [2.05, 4.69) is 14.6 Å². The molecule has 220 valence electrons. The Morgan fingerprint density at radius 1 is 1.07 bits per heavy atom. The van der Waals surface area contributed by atoms with Gasteiger partial charge in [0.1, 0.15) is 11.3 Å². The maximum Gasteiger partial charge on any atom is 0.573 e. The van der Waals surface area contributed by atoms with E-state index in [1.807, 2.05) is 19.1 Å². The Hall–Kier alpha value is -3.92. The van der Waals surface area contributed by atoms with Crippen LogP contribution < -0.4 is 9.64 Å². The van der Waals surface area contributed by atoms with E-state index in [-0.39, 0.29) is 29.7 Å². The van der Waals surface area contributed by atoms with Gasteiger partial charge < -0.3 is 28.9 Å². The second-order valence-electron chi connectivity index (χ2n) is 11.6. The first-order valence-electron chi connectivity index (χ1n) is 14.4. The molecule has 0 spiro atoms. The van der Waals surface area contributed by atoms with Crippen LogP contribution in [-0.4, -0.2) is 40.6 Å². The number of H-pyrrole nitrogens is 1. The van der Waals surface area contributed by atoms with Crippen molar-refractivity contribution in [1.82, 2.24) is 4.98 Å². The molecule has 3 fully saturated rings. The minimum Gasteiger partial charge on any atom is -0.475 e. The third kappa shape index (κ3) is 4.91. The zero-order valence-electron chi connectivity index (χ0n) is 23.0. The number of aromatic carboxylic acids is 1. The average Bonchev–Trinajstić information content (AvgIpc) is 3.44. The van der Waals surface area contributed by atoms with E-state index in [0.717, 1.165) is 66.4 Å². The van der Waals surface area contributed by atoms with Gasteiger partial charge in [0.2, 0.25) is 5.76 Å². The van der Waals surface area contributed by atoms with Gasteiger partial charge >= 0.3 is 12.3 Å². The van der Waals surface area contributed by atoms with E-state index in [0.29, 0.717) is 29.2 Å². The number of aromatic amines is 1. The Labute approximate surface area is 240 Å². The molecular formula is C32H31F3N2O5. The smallest absolute Gasteiger partial charge is 0.475 e.